The quantitative estimate of drug-likeness (QED) is 0.831. The van der Waals surface area contributed by atoms with E-state index < -0.39 is 11.4 Å². The van der Waals surface area contributed by atoms with Crippen LogP contribution in [0.15, 0.2) is 0 Å². The average Bonchev–Trinajstić information content (AvgIpc) is 2.24. The molecule has 1 atom stereocenters. The lowest BCUT2D eigenvalue weighted by Gasteiger charge is -2.25. The molecule has 0 spiro atoms. The van der Waals surface area contributed by atoms with Gasteiger partial charge in [-0.2, -0.15) is 0 Å². The van der Waals surface area contributed by atoms with Crippen molar-refractivity contribution in [3.8, 4) is 0 Å². The molecule has 0 saturated carbocycles. The van der Waals surface area contributed by atoms with Crippen molar-refractivity contribution < 1.29 is 9.13 Å². The second-order valence-electron chi connectivity index (χ2n) is 3.62. The van der Waals surface area contributed by atoms with Gasteiger partial charge in [-0.1, -0.05) is 6.92 Å². The molecular formula is C10H16FN3O. The van der Waals surface area contributed by atoms with Gasteiger partial charge in [-0.05, 0) is 20.3 Å². The Hall–Kier alpha value is -1.23. The fourth-order valence-corrected chi connectivity index (χ4v) is 1.21. The van der Waals surface area contributed by atoms with E-state index in [4.69, 9.17) is 10.5 Å². The first-order valence-electron chi connectivity index (χ1n) is 4.80. The molecule has 4 nitrogen and oxygen atoms in total. The molecule has 5 heteroatoms. The number of aromatic nitrogens is 2. The zero-order valence-electron chi connectivity index (χ0n) is 9.47. The SMILES string of the molecule is CCC(C)(OC)c1nc(C)c(F)c(N)n1. The van der Waals surface area contributed by atoms with Crippen LogP contribution in [0, 0.1) is 12.7 Å². The van der Waals surface area contributed by atoms with Crippen molar-refractivity contribution in [2.45, 2.75) is 32.8 Å². The number of anilines is 1. The maximum atomic E-state index is 13.2. The molecule has 0 aliphatic heterocycles. The Morgan fingerprint density at radius 3 is 2.47 bits per heavy atom. The minimum absolute atomic E-state index is 0.130. The van der Waals surface area contributed by atoms with Gasteiger partial charge in [0, 0.05) is 7.11 Å². The number of hydrogen-bond acceptors (Lipinski definition) is 4. The monoisotopic (exact) mass is 213 g/mol. The Morgan fingerprint density at radius 1 is 1.47 bits per heavy atom. The maximum absolute atomic E-state index is 13.2. The van der Waals surface area contributed by atoms with Crippen LogP contribution in [0.3, 0.4) is 0 Å². The lowest BCUT2D eigenvalue weighted by molar-refractivity contribution is -0.00912. The molecule has 0 bridgehead atoms. The van der Waals surface area contributed by atoms with Crippen LogP contribution in [0.5, 0.6) is 0 Å². The van der Waals surface area contributed by atoms with Crippen LogP contribution >= 0.6 is 0 Å². The molecule has 15 heavy (non-hydrogen) atoms. The predicted octanol–water partition coefficient (Wildman–Crippen LogP) is 1.78. The van der Waals surface area contributed by atoms with Crippen molar-refractivity contribution in [2.24, 2.45) is 0 Å². The summed E-state index contributed by atoms with van der Waals surface area (Å²) in [4.78, 5) is 7.97. The molecule has 0 aromatic carbocycles. The molecule has 0 amide bonds. The fourth-order valence-electron chi connectivity index (χ4n) is 1.21. The molecule has 0 aliphatic rings. The minimum Gasteiger partial charge on any atom is -0.381 e. The standard InChI is InChI=1S/C10H16FN3O/c1-5-10(3,15-4)9-13-6(2)7(11)8(12)14-9/h5H2,1-4H3,(H2,12,13,14). The summed E-state index contributed by atoms with van der Waals surface area (Å²) in [5, 5.41) is 0. The lowest BCUT2D eigenvalue weighted by atomic mass is 10.0. The minimum atomic E-state index is -0.618. The van der Waals surface area contributed by atoms with Crippen molar-refractivity contribution in [1.29, 1.82) is 0 Å². The predicted molar refractivity (Wildman–Crippen MR) is 55.8 cm³/mol. The van der Waals surface area contributed by atoms with Crippen LogP contribution in [-0.4, -0.2) is 17.1 Å². The van der Waals surface area contributed by atoms with Gasteiger partial charge in [0.05, 0.1) is 5.69 Å². The normalized spacial score (nSPS) is 15.0. The van der Waals surface area contributed by atoms with E-state index in [0.717, 1.165) is 0 Å². The van der Waals surface area contributed by atoms with Crippen molar-refractivity contribution >= 4 is 5.82 Å². The zero-order valence-corrected chi connectivity index (χ0v) is 9.47. The van der Waals surface area contributed by atoms with Crippen molar-refractivity contribution in [1.82, 2.24) is 9.97 Å². The van der Waals surface area contributed by atoms with Gasteiger partial charge >= 0.3 is 0 Å². The molecule has 0 aliphatic carbocycles. The van der Waals surface area contributed by atoms with Crippen LogP contribution in [-0.2, 0) is 10.3 Å². The van der Waals surface area contributed by atoms with Gasteiger partial charge in [0.15, 0.2) is 17.5 Å². The highest BCUT2D eigenvalue weighted by Gasteiger charge is 2.28. The summed E-state index contributed by atoms with van der Waals surface area (Å²) in [6.07, 6.45) is 0.689. The summed E-state index contributed by atoms with van der Waals surface area (Å²) in [6, 6.07) is 0. The summed E-state index contributed by atoms with van der Waals surface area (Å²) in [6.45, 7) is 5.35. The number of methoxy groups -OCH3 is 1. The van der Waals surface area contributed by atoms with E-state index in [9.17, 15) is 4.39 Å². The molecule has 1 rings (SSSR count). The first-order valence-corrected chi connectivity index (χ1v) is 4.80. The molecule has 0 radical (unpaired) electrons. The highest BCUT2D eigenvalue weighted by Crippen LogP contribution is 2.26. The van der Waals surface area contributed by atoms with E-state index in [1.165, 1.54) is 0 Å². The molecular weight excluding hydrogens is 197 g/mol. The first kappa shape index (κ1) is 11.8. The lowest BCUT2D eigenvalue weighted by Crippen LogP contribution is -2.27. The third-order valence-electron chi connectivity index (χ3n) is 2.64. The smallest absolute Gasteiger partial charge is 0.186 e. The highest BCUT2D eigenvalue weighted by molar-refractivity contribution is 5.33. The van der Waals surface area contributed by atoms with Crippen LogP contribution in [0.25, 0.3) is 0 Å². The number of hydrogen-bond donors (Lipinski definition) is 1. The Labute approximate surface area is 88.7 Å². The molecule has 2 N–H and O–H groups in total. The third-order valence-corrected chi connectivity index (χ3v) is 2.64. The second-order valence-corrected chi connectivity index (χ2v) is 3.62. The fraction of sp³-hybridized carbons (Fsp3) is 0.600. The largest absolute Gasteiger partial charge is 0.381 e. The number of aryl methyl sites for hydroxylation is 1. The van der Waals surface area contributed by atoms with E-state index >= 15 is 0 Å². The van der Waals surface area contributed by atoms with Gasteiger partial charge < -0.3 is 10.5 Å². The summed E-state index contributed by atoms with van der Waals surface area (Å²) in [5.41, 5.74) is 5.07. The van der Waals surface area contributed by atoms with Crippen LogP contribution in [0.1, 0.15) is 31.8 Å². The van der Waals surface area contributed by atoms with Crippen molar-refractivity contribution in [3.05, 3.63) is 17.3 Å². The Kier molecular flexibility index (Phi) is 3.24. The highest BCUT2D eigenvalue weighted by atomic mass is 19.1. The molecule has 1 heterocycles. The van der Waals surface area contributed by atoms with Crippen molar-refractivity contribution in [2.75, 3.05) is 12.8 Å². The average molecular weight is 213 g/mol. The van der Waals surface area contributed by atoms with Gasteiger partial charge in [0.2, 0.25) is 0 Å². The number of nitrogens with two attached hydrogens (primary N) is 1. The number of rotatable bonds is 3. The van der Waals surface area contributed by atoms with Crippen LogP contribution < -0.4 is 5.73 Å². The number of ether oxygens (including phenoxy) is 1. The van der Waals surface area contributed by atoms with Gasteiger partial charge in [-0.25, -0.2) is 14.4 Å². The first-order chi connectivity index (χ1) is 6.94. The number of halogens is 1. The Balaban J connectivity index is 3.27. The van der Waals surface area contributed by atoms with E-state index in [0.29, 0.717) is 12.2 Å². The molecule has 1 unspecified atom stereocenters. The zero-order chi connectivity index (χ0) is 11.6. The van der Waals surface area contributed by atoms with Gasteiger partial charge in [0.25, 0.3) is 0 Å². The van der Waals surface area contributed by atoms with Crippen LogP contribution in [0.4, 0.5) is 10.2 Å². The van der Waals surface area contributed by atoms with Gasteiger partial charge in [-0.3, -0.25) is 0 Å². The summed E-state index contributed by atoms with van der Waals surface area (Å²) >= 11 is 0. The third kappa shape index (κ3) is 2.07. The molecule has 1 aromatic rings. The second kappa shape index (κ2) is 4.10. The Bertz CT molecular complexity index is 341. The van der Waals surface area contributed by atoms with Crippen molar-refractivity contribution in [3.63, 3.8) is 0 Å². The Morgan fingerprint density at radius 2 is 2.07 bits per heavy atom. The van der Waals surface area contributed by atoms with E-state index in [1.54, 1.807) is 14.0 Å². The molecule has 0 saturated heterocycles. The van der Waals surface area contributed by atoms with Gasteiger partial charge in [-0.15, -0.1) is 0 Å². The topological polar surface area (TPSA) is 61.0 Å². The van der Waals surface area contributed by atoms with E-state index in [2.05, 4.69) is 9.97 Å². The van der Waals surface area contributed by atoms with E-state index in [1.807, 2.05) is 13.8 Å². The molecule has 84 valence electrons. The summed E-state index contributed by atoms with van der Waals surface area (Å²) < 4.78 is 18.5. The molecule has 0 fully saturated rings. The summed E-state index contributed by atoms with van der Waals surface area (Å²) in [5.74, 6) is -0.272. The van der Waals surface area contributed by atoms with E-state index in [-0.39, 0.29) is 11.5 Å². The number of nitrogens with zero attached hydrogens (tertiary/aromatic N) is 2. The van der Waals surface area contributed by atoms with Crippen LogP contribution in [0.2, 0.25) is 0 Å². The molecule has 1 aromatic heterocycles. The maximum Gasteiger partial charge on any atom is 0.186 e. The summed E-state index contributed by atoms with van der Waals surface area (Å²) in [7, 11) is 1.57. The van der Waals surface area contributed by atoms with Gasteiger partial charge in [0.1, 0.15) is 5.60 Å². The number of nitrogen functional groups attached to an aromatic ring is 1.